The van der Waals surface area contributed by atoms with Gasteiger partial charge in [-0.15, -0.1) is 11.3 Å². The van der Waals surface area contributed by atoms with Gasteiger partial charge in [0.1, 0.15) is 10.7 Å². The van der Waals surface area contributed by atoms with E-state index in [-0.39, 0.29) is 11.6 Å². The fourth-order valence-corrected chi connectivity index (χ4v) is 4.78. The van der Waals surface area contributed by atoms with Crippen LogP contribution in [0, 0.1) is 5.92 Å². The number of aromatic nitrogens is 2. The van der Waals surface area contributed by atoms with Crippen LogP contribution in [0.3, 0.4) is 0 Å². The Morgan fingerprint density at radius 3 is 2.47 bits per heavy atom. The topological polar surface area (TPSA) is 57.8 Å². The lowest BCUT2D eigenvalue weighted by Crippen LogP contribution is -2.27. The van der Waals surface area contributed by atoms with E-state index in [1.54, 1.807) is 0 Å². The lowest BCUT2D eigenvalue weighted by molar-refractivity contribution is 0.406. The summed E-state index contributed by atoms with van der Waals surface area (Å²) in [5, 5.41) is 6.28. The van der Waals surface area contributed by atoms with Crippen LogP contribution < -0.4 is 10.9 Å². The van der Waals surface area contributed by atoms with Crippen LogP contribution in [0.2, 0.25) is 0 Å². The van der Waals surface area contributed by atoms with Crippen molar-refractivity contribution in [3.8, 4) is 11.1 Å². The summed E-state index contributed by atoms with van der Waals surface area (Å²) in [6.45, 7) is 7.09. The third-order valence-corrected chi connectivity index (χ3v) is 6.35. The molecule has 2 N–H and O–H groups in total. The standard InChI is InChI=1S/C25H27N3OS/c1-4-17-10-12-19(13-11-17)23(16(2)3)26-14-21-27-24(29)22-20(15-30-25(22)28-21)18-8-6-5-7-9-18/h5-13,15-16,23,26H,4,14H2,1-3H3,(H,27,28,29)/t23-/m1/s1. The van der Waals surface area contributed by atoms with Gasteiger partial charge in [-0.25, -0.2) is 4.98 Å². The Bertz CT molecular complexity index is 1180. The maximum Gasteiger partial charge on any atom is 0.260 e. The summed E-state index contributed by atoms with van der Waals surface area (Å²) in [6, 6.07) is 19.0. The Kier molecular flexibility index (Phi) is 6.11. The zero-order chi connectivity index (χ0) is 21.1. The number of thiophene rings is 1. The van der Waals surface area contributed by atoms with Crippen LogP contribution in [-0.2, 0) is 13.0 Å². The van der Waals surface area contributed by atoms with E-state index >= 15 is 0 Å². The van der Waals surface area contributed by atoms with Gasteiger partial charge in [-0.05, 0) is 29.0 Å². The molecule has 0 unspecified atom stereocenters. The van der Waals surface area contributed by atoms with Crippen molar-refractivity contribution in [2.24, 2.45) is 5.92 Å². The predicted octanol–water partition coefficient (Wildman–Crippen LogP) is 5.70. The minimum absolute atomic E-state index is 0.0784. The van der Waals surface area contributed by atoms with Crippen LogP contribution >= 0.6 is 11.3 Å². The van der Waals surface area contributed by atoms with Crippen molar-refractivity contribution >= 4 is 21.6 Å². The molecule has 0 saturated heterocycles. The summed E-state index contributed by atoms with van der Waals surface area (Å²) in [5.41, 5.74) is 4.50. The summed E-state index contributed by atoms with van der Waals surface area (Å²) < 4.78 is 0. The highest BCUT2D eigenvalue weighted by Crippen LogP contribution is 2.30. The first-order valence-corrected chi connectivity index (χ1v) is 11.3. The summed E-state index contributed by atoms with van der Waals surface area (Å²) in [4.78, 5) is 21.4. The molecule has 0 fully saturated rings. The molecular formula is C25H27N3OS. The van der Waals surface area contributed by atoms with Crippen molar-refractivity contribution in [3.63, 3.8) is 0 Å². The average molecular weight is 418 g/mol. The molecule has 2 aromatic carbocycles. The van der Waals surface area contributed by atoms with Gasteiger partial charge < -0.3 is 10.3 Å². The minimum atomic E-state index is -0.0784. The lowest BCUT2D eigenvalue weighted by Gasteiger charge is -2.23. The molecule has 0 bridgehead atoms. The average Bonchev–Trinajstić information content (AvgIpc) is 3.19. The first-order valence-electron chi connectivity index (χ1n) is 10.4. The fourth-order valence-electron chi connectivity index (χ4n) is 3.81. The quantitative estimate of drug-likeness (QED) is 0.405. The van der Waals surface area contributed by atoms with Gasteiger partial charge in [0, 0.05) is 17.0 Å². The Hall–Kier alpha value is -2.76. The number of hydrogen-bond donors (Lipinski definition) is 2. The molecule has 30 heavy (non-hydrogen) atoms. The van der Waals surface area contributed by atoms with Gasteiger partial charge in [0.25, 0.3) is 5.56 Å². The third-order valence-electron chi connectivity index (χ3n) is 5.48. The lowest BCUT2D eigenvalue weighted by atomic mass is 9.95. The summed E-state index contributed by atoms with van der Waals surface area (Å²) in [5.74, 6) is 1.09. The fraction of sp³-hybridized carbons (Fsp3) is 0.280. The van der Waals surface area contributed by atoms with Gasteiger partial charge in [-0.3, -0.25) is 4.79 Å². The van der Waals surface area contributed by atoms with Gasteiger partial charge in [0.05, 0.1) is 11.9 Å². The van der Waals surface area contributed by atoms with Gasteiger partial charge in [0.2, 0.25) is 0 Å². The Labute approximate surface area is 181 Å². The first-order chi connectivity index (χ1) is 14.6. The van der Waals surface area contributed by atoms with Crippen LogP contribution in [0.4, 0.5) is 0 Å². The summed E-state index contributed by atoms with van der Waals surface area (Å²) >= 11 is 1.52. The molecule has 0 radical (unpaired) electrons. The minimum Gasteiger partial charge on any atom is -0.309 e. The maximum atomic E-state index is 12.9. The predicted molar refractivity (Wildman–Crippen MR) is 126 cm³/mol. The van der Waals surface area contributed by atoms with Crippen molar-refractivity contribution < 1.29 is 0 Å². The third kappa shape index (κ3) is 4.23. The second kappa shape index (κ2) is 8.94. The zero-order valence-corrected chi connectivity index (χ0v) is 18.4. The van der Waals surface area contributed by atoms with Crippen molar-refractivity contribution in [1.29, 1.82) is 0 Å². The maximum absolute atomic E-state index is 12.9. The highest BCUT2D eigenvalue weighted by atomic mass is 32.1. The number of aryl methyl sites for hydroxylation is 1. The summed E-state index contributed by atoms with van der Waals surface area (Å²) in [7, 11) is 0. The van der Waals surface area contributed by atoms with Crippen LogP contribution in [0.5, 0.6) is 0 Å². The van der Waals surface area contributed by atoms with E-state index in [0.717, 1.165) is 22.4 Å². The van der Waals surface area contributed by atoms with Crippen LogP contribution in [-0.4, -0.2) is 9.97 Å². The van der Waals surface area contributed by atoms with E-state index in [1.165, 1.54) is 22.5 Å². The number of H-pyrrole nitrogens is 1. The highest BCUT2D eigenvalue weighted by Gasteiger charge is 2.17. The normalized spacial score (nSPS) is 12.5. The molecule has 2 heterocycles. The Morgan fingerprint density at radius 2 is 1.80 bits per heavy atom. The number of hydrogen-bond acceptors (Lipinski definition) is 4. The first kappa shape index (κ1) is 20.5. The number of nitrogens with zero attached hydrogens (tertiary/aromatic N) is 1. The molecular weight excluding hydrogens is 390 g/mol. The van der Waals surface area contributed by atoms with Gasteiger partial charge in [-0.2, -0.15) is 0 Å². The smallest absolute Gasteiger partial charge is 0.260 e. The molecule has 0 saturated carbocycles. The molecule has 0 spiro atoms. The molecule has 0 aliphatic rings. The Balaban J connectivity index is 1.58. The number of nitrogens with one attached hydrogen (secondary N) is 2. The number of rotatable bonds is 7. The van der Waals surface area contributed by atoms with Crippen LogP contribution in [0.1, 0.15) is 43.8 Å². The largest absolute Gasteiger partial charge is 0.309 e. The summed E-state index contributed by atoms with van der Waals surface area (Å²) in [6.07, 6.45) is 1.04. The molecule has 4 rings (SSSR count). The van der Waals surface area contributed by atoms with Crippen LogP contribution in [0.25, 0.3) is 21.3 Å². The molecule has 0 aliphatic heterocycles. The van der Waals surface area contributed by atoms with E-state index < -0.39 is 0 Å². The molecule has 4 aromatic rings. The monoisotopic (exact) mass is 417 g/mol. The number of fused-ring (bicyclic) bond motifs is 1. The molecule has 0 amide bonds. The second-order valence-electron chi connectivity index (χ2n) is 7.91. The zero-order valence-electron chi connectivity index (χ0n) is 17.6. The molecule has 0 aliphatic carbocycles. The van der Waals surface area contributed by atoms with E-state index in [4.69, 9.17) is 4.98 Å². The van der Waals surface area contributed by atoms with E-state index in [1.807, 2.05) is 35.7 Å². The molecule has 1 atom stereocenters. The van der Waals surface area contributed by atoms with Gasteiger partial charge in [0.15, 0.2) is 0 Å². The van der Waals surface area contributed by atoms with Crippen LogP contribution in [0.15, 0.2) is 64.8 Å². The van der Waals surface area contributed by atoms with Gasteiger partial charge >= 0.3 is 0 Å². The molecule has 5 heteroatoms. The Morgan fingerprint density at radius 1 is 1.07 bits per heavy atom. The highest BCUT2D eigenvalue weighted by molar-refractivity contribution is 7.17. The van der Waals surface area contributed by atoms with E-state index in [0.29, 0.717) is 23.7 Å². The van der Waals surface area contributed by atoms with Crippen molar-refractivity contribution in [1.82, 2.24) is 15.3 Å². The SMILES string of the molecule is CCc1ccc([C@H](NCc2nc3scc(-c4ccccc4)c3c(=O)[nH]2)C(C)C)cc1. The number of aromatic amines is 1. The van der Waals surface area contributed by atoms with E-state index in [9.17, 15) is 4.79 Å². The van der Waals surface area contributed by atoms with Gasteiger partial charge in [-0.1, -0.05) is 75.4 Å². The van der Waals surface area contributed by atoms with Crippen molar-refractivity contribution in [3.05, 3.63) is 87.3 Å². The molecule has 2 aromatic heterocycles. The van der Waals surface area contributed by atoms with Crippen molar-refractivity contribution in [2.45, 2.75) is 39.8 Å². The second-order valence-corrected chi connectivity index (χ2v) is 8.76. The molecule has 4 nitrogen and oxygen atoms in total. The van der Waals surface area contributed by atoms with Crippen molar-refractivity contribution in [2.75, 3.05) is 0 Å². The molecule has 154 valence electrons. The van der Waals surface area contributed by atoms with E-state index in [2.05, 4.69) is 55.3 Å². The number of benzene rings is 2.